The molecule has 0 aliphatic carbocycles. The lowest BCUT2D eigenvalue weighted by molar-refractivity contribution is -0.121. The van der Waals surface area contributed by atoms with E-state index in [4.69, 9.17) is 0 Å². The summed E-state index contributed by atoms with van der Waals surface area (Å²) in [5.74, 6) is 0.744. The van der Waals surface area contributed by atoms with Crippen LogP contribution in [0, 0.1) is 6.92 Å². The molecule has 0 radical (unpaired) electrons. The van der Waals surface area contributed by atoms with E-state index in [0.29, 0.717) is 13.0 Å². The van der Waals surface area contributed by atoms with Crippen LogP contribution in [0.2, 0.25) is 0 Å². The zero-order valence-electron chi connectivity index (χ0n) is 10.6. The van der Waals surface area contributed by atoms with E-state index in [1.54, 1.807) is 16.3 Å². The van der Waals surface area contributed by atoms with Crippen molar-refractivity contribution in [1.82, 2.24) is 14.9 Å². The summed E-state index contributed by atoms with van der Waals surface area (Å²) >= 11 is 1.54. The highest BCUT2D eigenvalue weighted by molar-refractivity contribution is 7.99. The third-order valence-electron chi connectivity index (χ3n) is 2.81. The average Bonchev–Trinajstić information content (AvgIpc) is 2.69. The third kappa shape index (κ3) is 2.75. The van der Waals surface area contributed by atoms with E-state index in [1.165, 1.54) is 6.07 Å². The van der Waals surface area contributed by atoms with Crippen LogP contribution in [0.4, 0.5) is 0 Å². The van der Waals surface area contributed by atoms with Gasteiger partial charge >= 0.3 is 0 Å². The number of nitrogens with zero attached hydrogens (tertiary/aromatic N) is 2. The van der Waals surface area contributed by atoms with Crippen molar-refractivity contribution >= 4 is 17.7 Å². The molecule has 1 aromatic heterocycles. The average molecular weight is 267 g/mol. The van der Waals surface area contributed by atoms with Gasteiger partial charge in [-0.15, -0.1) is 0 Å². The highest BCUT2D eigenvalue weighted by Gasteiger charge is 2.27. The molecule has 18 heavy (non-hydrogen) atoms. The van der Waals surface area contributed by atoms with Crippen LogP contribution in [0.25, 0.3) is 0 Å². The molecule has 98 valence electrons. The van der Waals surface area contributed by atoms with Crippen LogP contribution >= 0.6 is 11.8 Å². The van der Waals surface area contributed by atoms with Crippen LogP contribution in [0.5, 0.6) is 0 Å². The van der Waals surface area contributed by atoms with Gasteiger partial charge in [-0.05, 0) is 13.3 Å². The largest absolute Gasteiger partial charge is 0.356 e. The second-order valence-electron chi connectivity index (χ2n) is 4.41. The SMILES string of the molecule is CCCNC(=O)C[C@@H]1CSc2nc(C)cc(=O)n21. The Balaban J connectivity index is 2.12. The van der Waals surface area contributed by atoms with Crippen molar-refractivity contribution in [2.75, 3.05) is 12.3 Å². The molecule has 0 aromatic carbocycles. The fourth-order valence-corrected chi connectivity index (χ4v) is 3.16. The maximum atomic E-state index is 11.9. The summed E-state index contributed by atoms with van der Waals surface area (Å²) in [5, 5.41) is 3.57. The number of amides is 1. The topological polar surface area (TPSA) is 64.0 Å². The summed E-state index contributed by atoms with van der Waals surface area (Å²) < 4.78 is 1.64. The molecule has 0 saturated heterocycles. The molecule has 0 unspecified atom stereocenters. The first-order valence-electron chi connectivity index (χ1n) is 6.11. The summed E-state index contributed by atoms with van der Waals surface area (Å²) in [6.07, 6.45) is 1.27. The fraction of sp³-hybridized carbons (Fsp3) is 0.583. The smallest absolute Gasteiger partial charge is 0.254 e. The summed E-state index contributed by atoms with van der Waals surface area (Å²) in [6.45, 7) is 4.51. The molecule has 1 amide bonds. The predicted octanol–water partition coefficient (Wildman–Crippen LogP) is 1.11. The molecule has 0 fully saturated rings. The summed E-state index contributed by atoms with van der Waals surface area (Å²) in [4.78, 5) is 27.9. The van der Waals surface area contributed by atoms with Crippen LogP contribution in [0.1, 0.15) is 31.5 Å². The Morgan fingerprint density at radius 2 is 2.44 bits per heavy atom. The lowest BCUT2D eigenvalue weighted by atomic mass is 10.2. The van der Waals surface area contributed by atoms with Crippen molar-refractivity contribution in [3.63, 3.8) is 0 Å². The summed E-state index contributed by atoms with van der Waals surface area (Å²) in [7, 11) is 0. The van der Waals surface area contributed by atoms with Crippen molar-refractivity contribution in [3.8, 4) is 0 Å². The Bertz CT molecular complexity index is 513. The lowest BCUT2D eigenvalue weighted by Crippen LogP contribution is -2.30. The summed E-state index contributed by atoms with van der Waals surface area (Å²) in [6, 6.07) is 1.45. The number of hydrogen-bond donors (Lipinski definition) is 1. The molecule has 2 rings (SSSR count). The van der Waals surface area contributed by atoms with Gasteiger partial charge in [0, 0.05) is 30.5 Å². The zero-order chi connectivity index (χ0) is 13.1. The minimum Gasteiger partial charge on any atom is -0.356 e. The number of nitrogens with one attached hydrogen (secondary N) is 1. The normalized spacial score (nSPS) is 17.6. The Hall–Kier alpha value is -1.30. The third-order valence-corrected chi connectivity index (χ3v) is 3.91. The maximum Gasteiger partial charge on any atom is 0.254 e. The van der Waals surface area contributed by atoms with E-state index in [2.05, 4.69) is 10.3 Å². The predicted molar refractivity (Wildman–Crippen MR) is 70.9 cm³/mol. The molecule has 5 nitrogen and oxygen atoms in total. The van der Waals surface area contributed by atoms with Crippen LogP contribution in [-0.2, 0) is 4.79 Å². The van der Waals surface area contributed by atoms with Crippen molar-refractivity contribution in [1.29, 1.82) is 0 Å². The maximum absolute atomic E-state index is 11.9. The molecule has 1 aromatic rings. The molecule has 1 atom stereocenters. The number of aryl methyl sites for hydroxylation is 1. The van der Waals surface area contributed by atoms with E-state index in [1.807, 2.05) is 13.8 Å². The Labute approximate surface area is 110 Å². The van der Waals surface area contributed by atoms with Gasteiger partial charge in [-0.2, -0.15) is 0 Å². The molecule has 2 heterocycles. The molecule has 0 saturated carbocycles. The first-order valence-corrected chi connectivity index (χ1v) is 7.10. The van der Waals surface area contributed by atoms with Gasteiger partial charge in [0.1, 0.15) is 0 Å². The molecule has 1 aliphatic rings. The minimum absolute atomic E-state index is 0.00257. The van der Waals surface area contributed by atoms with Crippen LogP contribution < -0.4 is 10.9 Å². The molecular formula is C12H17N3O2S. The van der Waals surface area contributed by atoms with Crippen molar-refractivity contribution < 1.29 is 4.79 Å². The number of carbonyl (C=O) groups excluding carboxylic acids is 1. The van der Waals surface area contributed by atoms with E-state index in [-0.39, 0.29) is 17.5 Å². The quantitative estimate of drug-likeness (QED) is 0.830. The van der Waals surface area contributed by atoms with E-state index in [0.717, 1.165) is 23.0 Å². The van der Waals surface area contributed by atoms with Gasteiger partial charge in [0.15, 0.2) is 5.16 Å². The van der Waals surface area contributed by atoms with Gasteiger partial charge in [-0.1, -0.05) is 18.7 Å². The molecule has 0 bridgehead atoms. The van der Waals surface area contributed by atoms with Crippen molar-refractivity contribution in [3.05, 3.63) is 22.1 Å². The van der Waals surface area contributed by atoms with E-state index in [9.17, 15) is 9.59 Å². The Morgan fingerprint density at radius 3 is 3.17 bits per heavy atom. The molecule has 6 heteroatoms. The van der Waals surface area contributed by atoms with Crippen LogP contribution in [0.3, 0.4) is 0 Å². The fourth-order valence-electron chi connectivity index (χ4n) is 1.96. The molecular weight excluding hydrogens is 250 g/mol. The lowest BCUT2D eigenvalue weighted by Gasteiger charge is -2.12. The Morgan fingerprint density at radius 1 is 1.67 bits per heavy atom. The van der Waals surface area contributed by atoms with E-state index >= 15 is 0 Å². The molecule has 0 spiro atoms. The number of rotatable bonds is 4. The van der Waals surface area contributed by atoms with Gasteiger partial charge in [0.2, 0.25) is 5.91 Å². The standard InChI is InChI=1S/C12H17N3O2S/c1-3-4-13-10(16)6-9-7-18-12-14-8(2)5-11(17)15(9)12/h5,9H,3-4,6-7H2,1-2H3,(H,13,16)/t9-/m1/s1. The van der Waals surface area contributed by atoms with Gasteiger partial charge in [0.05, 0.1) is 6.04 Å². The summed E-state index contributed by atoms with van der Waals surface area (Å²) in [5.41, 5.74) is 0.672. The number of carbonyl (C=O) groups is 1. The van der Waals surface area contributed by atoms with Crippen LogP contribution in [-0.4, -0.2) is 27.8 Å². The first kappa shape index (κ1) is 13.1. The highest BCUT2D eigenvalue weighted by atomic mass is 32.2. The monoisotopic (exact) mass is 267 g/mol. The second-order valence-corrected chi connectivity index (χ2v) is 5.39. The molecule has 1 N–H and O–H groups in total. The van der Waals surface area contributed by atoms with Gasteiger partial charge < -0.3 is 5.32 Å². The number of aromatic nitrogens is 2. The van der Waals surface area contributed by atoms with Crippen molar-refractivity contribution in [2.45, 2.75) is 37.9 Å². The number of fused-ring (bicyclic) bond motifs is 1. The highest BCUT2D eigenvalue weighted by Crippen LogP contribution is 2.31. The molecule has 1 aliphatic heterocycles. The van der Waals surface area contributed by atoms with Crippen molar-refractivity contribution in [2.24, 2.45) is 0 Å². The zero-order valence-corrected chi connectivity index (χ0v) is 11.4. The van der Waals surface area contributed by atoms with Gasteiger partial charge in [-0.25, -0.2) is 4.98 Å². The number of hydrogen-bond acceptors (Lipinski definition) is 4. The first-order chi connectivity index (χ1) is 8.61. The Kier molecular flexibility index (Phi) is 4.06. The van der Waals surface area contributed by atoms with Gasteiger partial charge in [0.25, 0.3) is 5.56 Å². The second kappa shape index (κ2) is 5.56. The van der Waals surface area contributed by atoms with Crippen LogP contribution in [0.15, 0.2) is 16.0 Å². The van der Waals surface area contributed by atoms with E-state index < -0.39 is 0 Å². The minimum atomic E-state index is -0.0672. The number of thioether (sulfide) groups is 1. The van der Waals surface area contributed by atoms with Gasteiger partial charge in [-0.3, -0.25) is 14.2 Å².